The second kappa shape index (κ2) is 9.80. The summed E-state index contributed by atoms with van der Waals surface area (Å²) in [5, 5.41) is 15.5. The lowest BCUT2D eigenvalue weighted by atomic mass is 10.00. The van der Waals surface area contributed by atoms with Crippen LogP contribution in [0.1, 0.15) is 66.1 Å². The van der Waals surface area contributed by atoms with Crippen molar-refractivity contribution in [2.45, 2.75) is 69.2 Å². The van der Waals surface area contributed by atoms with E-state index in [-0.39, 0.29) is 11.7 Å². The van der Waals surface area contributed by atoms with E-state index in [1.165, 1.54) is 11.3 Å². The van der Waals surface area contributed by atoms with Crippen LogP contribution in [0.15, 0.2) is 40.9 Å². The zero-order chi connectivity index (χ0) is 26.7. The van der Waals surface area contributed by atoms with Gasteiger partial charge in [0.25, 0.3) is 0 Å². The van der Waals surface area contributed by atoms with Crippen LogP contribution in [0.4, 0.5) is 5.13 Å². The van der Waals surface area contributed by atoms with Gasteiger partial charge >= 0.3 is 5.97 Å². The third-order valence-corrected chi connectivity index (χ3v) is 9.53. The number of anilines is 1. The Morgan fingerprint density at radius 3 is 2.64 bits per heavy atom. The number of rotatable bonds is 8. The quantitative estimate of drug-likeness (QED) is 0.246. The van der Waals surface area contributed by atoms with Gasteiger partial charge in [0.1, 0.15) is 22.7 Å². The van der Waals surface area contributed by atoms with E-state index in [1.807, 2.05) is 24.3 Å². The first-order valence-electron chi connectivity index (χ1n) is 13.3. The SMILES string of the molecule is COc1cc(C(=O)O)cc2sc(N3[C@@H]4CC[C@H]3CC(OCc3c(-c5ccccc5Cl)noc3C3CC3)C4)nc12. The molecule has 4 aromatic rings. The van der Waals surface area contributed by atoms with Gasteiger partial charge in [-0.25, -0.2) is 9.78 Å². The number of methoxy groups -OCH3 is 1. The fourth-order valence-electron chi connectivity index (χ4n) is 6.15. The second-order valence-electron chi connectivity index (χ2n) is 10.7. The van der Waals surface area contributed by atoms with Gasteiger partial charge in [0.2, 0.25) is 0 Å². The Bertz CT molecular complexity index is 1550. The minimum Gasteiger partial charge on any atom is -0.494 e. The van der Waals surface area contributed by atoms with E-state index in [2.05, 4.69) is 10.1 Å². The lowest BCUT2D eigenvalue weighted by Gasteiger charge is -2.38. The highest BCUT2D eigenvalue weighted by Crippen LogP contribution is 2.47. The van der Waals surface area contributed by atoms with Crippen LogP contribution in [-0.4, -0.2) is 46.5 Å². The second-order valence-corrected chi connectivity index (χ2v) is 12.1. The monoisotopic (exact) mass is 565 g/mol. The molecule has 3 atom stereocenters. The van der Waals surface area contributed by atoms with Gasteiger partial charge in [-0.05, 0) is 56.7 Å². The highest BCUT2D eigenvalue weighted by Gasteiger charge is 2.43. The van der Waals surface area contributed by atoms with Crippen molar-refractivity contribution < 1.29 is 23.9 Å². The molecular weight excluding hydrogens is 538 g/mol. The molecule has 3 fully saturated rings. The van der Waals surface area contributed by atoms with E-state index < -0.39 is 5.97 Å². The van der Waals surface area contributed by atoms with Crippen LogP contribution in [0.25, 0.3) is 21.5 Å². The molecule has 2 aliphatic heterocycles. The van der Waals surface area contributed by atoms with Crippen molar-refractivity contribution in [3.05, 3.63) is 58.3 Å². The van der Waals surface area contributed by atoms with E-state index in [4.69, 9.17) is 30.6 Å². The predicted molar refractivity (Wildman–Crippen MR) is 149 cm³/mol. The van der Waals surface area contributed by atoms with Gasteiger partial charge in [-0.1, -0.05) is 46.3 Å². The number of carboxylic acids is 1. The van der Waals surface area contributed by atoms with Crippen molar-refractivity contribution in [1.29, 1.82) is 0 Å². The molecule has 2 aromatic heterocycles. The lowest BCUT2D eigenvalue weighted by molar-refractivity contribution is 0.0147. The summed E-state index contributed by atoms with van der Waals surface area (Å²) in [5.74, 6) is 0.878. The molecule has 39 heavy (non-hydrogen) atoms. The summed E-state index contributed by atoms with van der Waals surface area (Å²) in [6, 6.07) is 11.6. The molecule has 0 radical (unpaired) electrons. The van der Waals surface area contributed by atoms with Gasteiger partial charge in [0.05, 0.1) is 35.1 Å². The van der Waals surface area contributed by atoms with Crippen LogP contribution >= 0.6 is 22.9 Å². The van der Waals surface area contributed by atoms with Gasteiger partial charge in [-0.2, -0.15) is 0 Å². The summed E-state index contributed by atoms with van der Waals surface area (Å²) in [7, 11) is 1.55. The van der Waals surface area contributed by atoms with Gasteiger partial charge in [0, 0.05) is 29.1 Å². The summed E-state index contributed by atoms with van der Waals surface area (Å²) in [6.45, 7) is 0.455. The molecule has 1 N–H and O–H groups in total. The van der Waals surface area contributed by atoms with Crippen molar-refractivity contribution in [2.24, 2.45) is 0 Å². The zero-order valence-corrected chi connectivity index (χ0v) is 23.0. The minimum absolute atomic E-state index is 0.127. The number of ether oxygens (including phenoxy) is 2. The van der Waals surface area contributed by atoms with Gasteiger partial charge in [-0.15, -0.1) is 0 Å². The smallest absolute Gasteiger partial charge is 0.335 e. The Kier molecular flexibility index (Phi) is 6.25. The standard InChI is InChI=1S/C29H28ClN3O5S/c1-36-23-10-16(28(34)35)11-24-26(23)31-29(39-24)33-17-8-9-18(33)13-19(12-17)37-14-21-25(20-4-2-3-5-22(20)30)32-38-27(21)15-6-7-15/h2-5,10-11,15,17-19H,6-9,12-14H2,1H3,(H,34,35)/t17-,18+,19?. The molecule has 2 saturated heterocycles. The molecule has 8 nitrogen and oxygen atoms in total. The van der Waals surface area contributed by atoms with E-state index in [9.17, 15) is 9.90 Å². The van der Waals surface area contributed by atoms with Gasteiger partial charge in [-0.3, -0.25) is 0 Å². The van der Waals surface area contributed by atoms with E-state index in [0.717, 1.165) is 70.9 Å². The molecule has 0 spiro atoms. The molecule has 202 valence electrons. The lowest BCUT2D eigenvalue weighted by Crippen LogP contribution is -2.45. The molecule has 7 rings (SSSR count). The van der Waals surface area contributed by atoms with Crippen molar-refractivity contribution in [1.82, 2.24) is 10.1 Å². The van der Waals surface area contributed by atoms with E-state index in [0.29, 0.717) is 40.9 Å². The molecule has 4 heterocycles. The maximum atomic E-state index is 11.6. The molecule has 2 aromatic carbocycles. The number of aromatic nitrogens is 2. The number of nitrogens with zero attached hydrogens (tertiary/aromatic N) is 3. The number of halogens is 1. The summed E-state index contributed by atoms with van der Waals surface area (Å²) in [6.07, 6.45) is 6.36. The number of carbonyl (C=O) groups is 1. The Hall–Kier alpha value is -3.14. The number of hydrogen-bond acceptors (Lipinski definition) is 8. The summed E-state index contributed by atoms with van der Waals surface area (Å²) in [4.78, 5) is 18.9. The number of aromatic carboxylic acids is 1. The summed E-state index contributed by atoms with van der Waals surface area (Å²) < 4.78 is 18.7. The summed E-state index contributed by atoms with van der Waals surface area (Å²) in [5.41, 5.74) is 3.60. The first kappa shape index (κ1) is 24.9. The highest BCUT2D eigenvalue weighted by atomic mass is 35.5. The Morgan fingerprint density at radius 1 is 1.18 bits per heavy atom. The molecule has 10 heteroatoms. The average Bonchev–Trinajstić information content (AvgIpc) is 3.45. The maximum absolute atomic E-state index is 11.6. The number of thiazole rings is 1. The Morgan fingerprint density at radius 2 is 1.95 bits per heavy atom. The van der Waals surface area contributed by atoms with Gasteiger partial charge < -0.3 is 24.0 Å². The zero-order valence-electron chi connectivity index (χ0n) is 21.4. The van der Waals surface area contributed by atoms with Gasteiger partial charge in [0.15, 0.2) is 5.13 Å². The minimum atomic E-state index is -0.974. The fraction of sp³-hybridized carbons (Fsp3) is 0.414. The van der Waals surface area contributed by atoms with E-state index >= 15 is 0 Å². The normalized spacial score (nSPS) is 22.5. The number of carboxylic acid groups (broad SMARTS) is 1. The average molecular weight is 566 g/mol. The van der Waals surface area contributed by atoms with Crippen LogP contribution in [0.3, 0.4) is 0 Å². The van der Waals surface area contributed by atoms with Crippen LogP contribution in [0, 0.1) is 0 Å². The fourth-order valence-corrected chi connectivity index (χ4v) is 7.54. The summed E-state index contributed by atoms with van der Waals surface area (Å²) >= 11 is 8.04. The number of piperidine rings is 1. The van der Waals surface area contributed by atoms with Crippen LogP contribution in [-0.2, 0) is 11.3 Å². The molecule has 0 amide bonds. The van der Waals surface area contributed by atoms with Crippen LogP contribution < -0.4 is 9.64 Å². The van der Waals surface area contributed by atoms with Crippen molar-refractivity contribution in [3.8, 4) is 17.0 Å². The van der Waals surface area contributed by atoms with E-state index in [1.54, 1.807) is 19.2 Å². The highest BCUT2D eigenvalue weighted by molar-refractivity contribution is 7.22. The third kappa shape index (κ3) is 4.46. The first-order chi connectivity index (χ1) is 19.0. The van der Waals surface area contributed by atoms with Crippen LogP contribution in [0.5, 0.6) is 5.75 Å². The largest absolute Gasteiger partial charge is 0.494 e. The van der Waals surface area contributed by atoms with Crippen molar-refractivity contribution in [3.63, 3.8) is 0 Å². The molecule has 2 bridgehead atoms. The number of hydrogen-bond donors (Lipinski definition) is 1. The first-order valence-corrected chi connectivity index (χ1v) is 14.5. The molecular formula is C29H28ClN3O5S. The third-order valence-electron chi connectivity index (χ3n) is 8.19. The predicted octanol–water partition coefficient (Wildman–Crippen LogP) is 6.91. The molecule has 3 aliphatic rings. The topological polar surface area (TPSA) is 97.9 Å². The number of fused-ring (bicyclic) bond motifs is 3. The molecule has 1 unspecified atom stereocenters. The molecule has 1 aliphatic carbocycles. The van der Waals surface area contributed by atoms with Crippen LogP contribution in [0.2, 0.25) is 5.02 Å². The van der Waals surface area contributed by atoms with Crippen molar-refractivity contribution >= 4 is 44.3 Å². The number of benzene rings is 2. The Labute approximate surface area is 234 Å². The maximum Gasteiger partial charge on any atom is 0.335 e. The Balaban J connectivity index is 1.11. The molecule has 1 saturated carbocycles. The van der Waals surface area contributed by atoms with Crippen molar-refractivity contribution in [2.75, 3.05) is 12.0 Å².